The number of amides is 2. The highest BCUT2D eigenvalue weighted by atomic mass is 32.1. The minimum Gasteiger partial charge on any atom is -0.329 e. The number of aromatic nitrogens is 2. The zero-order valence-electron chi connectivity index (χ0n) is 11.1. The number of hydrogen-bond donors (Lipinski definition) is 2. The van der Waals surface area contributed by atoms with Crippen LogP contribution in [-0.2, 0) is 6.42 Å². The highest BCUT2D eigenvalue weighted by Gasteiger charge is 2.13. The van der Waals surface area contributed by atoms with Gasteiger partial charge in [-0.1, -0.05) is 6.92 Å². The molecule has 0 spiro atoms. The first kappa shape index (κ1) is 14.0. The van der Waals surface area contributed by atoms with Gasteiger partial charge in [-0.15, -0.1) is 22.7 Å². The molecular formula is C12H16N4OS2. The van der Waals surface area contributed by atoms with Gasteiger partial charge in [0.25, 0.3) is 0 Å². The summed E-state index contributed by atoms with van der Waals surface area (Å²) in [5.41, 5.74) is 0.990. The van der Waals surface area contributed by atoms with Crippen molar-refractivity contribution >= 4 is 33.8 Å². The number of carbonyl (C=O) groups is 1. The van der Waals surface area contributed by atoms with Crippen molar-refractivity contribution in [1.29, 1.82) is 0 Å². The Bertz CT molecular complexity index is 564. The van der Waals surface area contributed by atoms with Crippen molar-refractivity contribution in [3.8, 4) is 0 Å². The summed E-state index contributed by atoms with van der Waals surface area (Å²) in [6, 6.07) is -0.360. The van der Waals surface area contributed by atoms with Crippen LogP contribution in [-0.4, -0.2) is 16.0 Å². The van der Waals surface area contributed by atoms with E-state index in [0.717, 1.165) is 22.0 Å². The zero-order valence-corrected chi connectivity index (χ0v) is 12.7. The van der Waals surface area contributed by atoms with Gasteiger partial charge in [0.15, 0.2) is 5.13 Å². The molecule has 5 nitrogen and oxygen atoms in total. The first-order chi connectivity index (χ1) is 9.08. The maximum absolute atomic E-state index is 11.8. The molecule has 2 aromatic heterocycles. The van der Waals surface area contributed by atoms with Gasteiger partial charge in [-0.05, 0) is 20.3 Å². The van der Waals surface area contributed by atoms with Gasteiger partial charge in [0.2, 0.25) is 0 Å². The number of anilines is 1. The first-order valence-corrected chi connectivity index (χ1v) is 7.72. The highest BCUT2D eigenvalue weighted by Crippen LogP contribution is 2.19. The van der Waals surface area contributed by atoms with E-state index in [-0.39, 0.29) is 12.1 Å². The van der Waals surface area contributed by atoms with E-state index in [2.05, 4.69) is 20.6 Å². The number of rotatable bonds is 4. The van der Waals surface area contributed by atoms with Gasteiger partial charge in [0.05, 0.1) is 11.7 Å². The predicted octanol–water partition coefficient (Wildman–Crippen LogP) is 3.35. The Labute approximate surface area is 120 Å². The van der Waals surface area contributed by atoms with Crippen molar-refractivity contribution in [3.05, 3.63) is 27.2 Å². The van der Waals surface area contributed by atoms with Crippen LogP contribution in [0.15, 0.2) is 11.6 Å². The molecule has 0 saturated heterocycles. The molecule has 1 atom stereocenters. The summed E-state index contributed by atoms with van der Waals surface area (Å²) in [5.74, 6) is 0. The van der Waals surface area contributed by atoms with E-state index in [9.17, 15) is 4.79 Å². The Hall–Kier alpha value is -1.47. The molecule has 19 heavy (non-hydrogen) atoms. The minimum absolute atomic E-state index is 0.107. The number of aryl methyl sites for hydroxylation is 2. The van der Waals surface area contributed by atoms with Crippen molar-refractivity contribution in [2.75, 3.05) is 5.32 Å². The van der Waals surface area contributed by atoms with E-state index >= 15 is 0 Å². The molecule has 0 aliphatic rings. The summed E-state index contributed by atoms with van der Waals surface area (Å²) in [4.78, 5) is 21.5. The van der Waals surface area contributed by atoms with Crippen LogP contribution in [0.25, 0.3) is 0 Å². The smallest absolute Gasteiger partial charge is 0.321 e. The zero-order chi connectivity index (χ0) is 13.8. The molecule has 0 saturated carbocycles. The summed E-state index contributed by atoms with van der Waals surface area (Å²) in [5, 5.41) is 9.06. The second-order valence-corrected chi connectivity index (χ2v) is 6.25. The fourth-order valence-electron chi connectivity index (χ4n) is 1.49. The lowest BCUT2D eigenvalue weighted by Crippen LogP contribution is -2.31. The predicted molar refractivity (Wildman–Crippen MR) is 78.9 cm³/mol. The maximum atomic E-state index is 11.8. The Morgan fingerprint density at radius 3 is 2.89 bits per heavy atom. The third kappa shape index (κ3) is 3.74. The van der Waals surface area contributed by atoms with Crippen LogP contribution in [0, 0.1) is 6.92 Å². The van der Waals surface area contributed by atoms with Crippen LogP contribution >= 0.6 is 22.7 Å². The maximum Gasteiger partial charge on any atom is 0.321 e. The van der Waals surface area contributed by atoms with Crippen LogP contribution in [0.1, 0.15) is 35.5 Å². The van der Waals surface area contributed by atoms with Crippen LogP contribution in [0.2, 0.25) is 0 Å². The number of thiazole rings is 2. The molecule has 102 valence electrons. The molecule has 0 aromatic carbocycles. The first-order valence-electron chi connectivity index (χ1n) is 6.02. The molecular weight excluding hydrogens is 280 g/mol. The molecule has 2 rings (SSSR count). The molecule has 0 aliphatic carbocycles. The number of urea groups is 1. The minimum atomic E-state index is -0.252. The lowest BCUT2D eigenvalue weighted by molar-refractivity contribution is 0.249. The Morgan fingerprint density at radius 1 is 1.53 bits per heavy atom. The van der Waals surface area contributed by atoms with Gasteiger partial charge in [-0.25, -0.2) is 14.8 Å². The molecule has 2 amide bonds. The molecule has 2 heterocycles. The van der Waals surface area contributed by atoms with Crippen molar-refractivity contribution in [1.82, 2.24) is 15.3 Å². The lowest BCUT2D eigenvalue weighted by atomic mass is 10.4. The molecule has 2 N–H and O–H groups in total. The van der Waals surface area contributed by atoms with Crippen molar-refractivity contribution < 1.29 is 4.79 Å². The third-order valence-electron chi connectivity index (χ3n) is 2.49. The number of nitrogens with one attached hydrogen (secondary N) is 2. The molecule has 7 heteroatoms. The standard InChI is InChI=1S/C12H16N4OS2/c1-4-9-6-18-12(15-9)16-11(17)14-8(3)10-13-5-7(2)19-10/h5-6,8H,4H2,1-3H3,(H2,14,15,16,17)/t8-/m0/s1. The van der Waals surface area contributed by atoms with Gasteiger partial charge in [-0.2, -0.15) is 0 Å². The molecule has 0 fully saturated rings. The van der Waals surface area contributed by atoms with Crippen molar-refractivity contribution in [2.24, 2.45) is 0 Å². The van der Waals surface area contributed by atoms with E-state index in [1.807, 2.05) is 32.3 Å². The fourth-order valence-corrected chi connectivity index (χ4v) is 3.06. The SMILES string of the molecule is CCc1csc(NC(=O)N[C@@H](C)c2ncc(C)s2)n1. The quantitative estimate of drug-likeness (QED) is 0.909. The van der Waals surface area contributed by atoms with Gasteiger partial charge >= 0.3 is 6.03 Å². The Kier molecular flexibility index (Phi) is 4.49. The number of carbonyl (C=O) groups excluding carboxylic acids is 1. The largest absolute Gasteiger partial charge is 0.329 e. The Morgan fingerprint density at radius 2 is 2.32 bits per heavy atom. The summed E-state index contributed by atoms with van der Waals surface area (Å²) < 4.78 is 0. The average Bonchev–Trinajstić information content (AvgIpc) is 2.97. The number of nitrogens with zero attached hydrogens (tertiary/aromatic N) is 2. The topological polar surface area (TPSA) is 66.9 Å². The van der Waals surface area contributed by atoms with Gasteiger partial charge < -0.3 is 5.32 Å². The summed E-state index contributed by atoms with van der Waals surface area (Å²) in [6.07, 6.45) is 2.68. The second kappa shape index (κ2) is 6.12. The second-order valence-electron chi connectivity index (χ2n) is 4.13. The Balaban J connectivity index is 1.90. The van der Waals surface area contributed by atoms with Gasteiger partial charge in [0.1, 0.15) is 5.01 Å². The highest BCUT2D eigenvalue weighted by molar-refractivity contribution is 7.14. The van der Waals surface area contributed by atoms with Crippen LogP contribution < -0.4 is 10.6 Å². The monoisotopic (exact) mass is 296 g/mol. The normalized spacial score (nSPS) is 12.2. The van der Waals surface area contributed by atoms with E-state index in [0.29, 0.717) is 5.13 Å². The average molecular weight is 296 g/mol. The number of hydrogen-bond acceptors (Lipinski definition) is 5. The summed E-state index contributed by atoms with van der Waals surface area (Å²) in [7, 11) is 0. The van der Waals surface area contributed by atoms with Gasteiger partial charge in [-0.3, -0.25) is 5.32 Å². The third-order valence-corrected chi connectivity index (χ3v) is 4.39. The molecule has 2 aromatic rings. The molecule has 0 unspecified atom stereocenters. The van der Waals surface area contributed by atoms with Crippen LogP contribution in [0.3, 0.4) is 0 Å². The van der Waals surface area contributed by atoms with Gasteiger partial charge in [0, 0.05) is 16.5 Å². The van der Waals surface area contributed by atoms with E-state index in [1.165, 1.54) is 11.3 Å². The van der Waals surface area contributed by atoms with Crippen LogP contribution in [0.4, 0.5) is 9.93 Å². The molecule has 0 aliphatic heterocycles. The van der Waals surface area contributed by atoms with Crippen molar-refractivity contribution in [2.45, 2.75) is 33.2 Å². The van der Waals surface area contributed by atoms with E-state index in [1.54, 1.807) is 11.3 Å². The van der Waals surface area contributed by atoms with E-state index < -0.39 is 0 Å². The summed E-state index contributed by atoms with van der Waals surface area (Å²) >= 11 is 3.02. The molecule has 0 bridgehead atoms. The fraction of sp³-hybridized carbons (Fsp3) is 0.417. The molecule has 0 radical (unpaired) electrons. The lowest BCUT2D eigenvalue weighted by Gasteiger charge is -2.10. The summed E-state index contributed by atoms with van der Waals surface area (Å²) in [6.45, 7) is 5.94. The van der Waals surface area contributed by atoms with Crippen LogP contribution in [0.5, 0.6) is 0 Å². The van der Waals surface area contributed by atoms with Crippen molar-refractivity contribution in [3.63, 3.8) is 0 Å². The van der Waals surface area contributed by atoms with E-state index in [4.69, 9.17) is 0 Å².